The Balaban J connectivity index is 1.98. The zero-order valence-electron chi connectivity index (χ0n) is 24.5. The molecule has 1 N–H and O–H groups in total. The zero-order chi connectivity index (χ0) is 29.1. The molecule has 8 nitrogen and oxygen atoms in total. The Morgan fingerprint density at radius 3 is 1.73 bits per heavy atom. The molecule has 1 fully saturated rings. The first-order valence-corrected chi connectivity index (χ1v) is 14.8. The summed E-state index contributed by atoms with van der Waals surface area (Å²) < 4.78 is 40.3. The van der Waals surface area contributed by atoms with Gasteiger partial charge in [-0.1, -0.05) is 32.4 Å². The van der Waals surface area contributed by atoms with Crippen molar-refractivity contribution in [2.75, 3.05) is 41.5 Å². The lowest BCUT2D eigenvalue weighted by Gasteiger charge is -2.29. The van der Waals surface area contributed by atoms with E-state index in [0.29, 0.717) is 47.0 Å². The van der Waals surface area contributed by atoms with Gasteiger partial charge in [-0.2, -0.15) is 0 Å². The van der Waals surface area contributed by atoms with E-state index in [2.05, 4.69) is 18.6 Å². The van der Waals surface area contributed by atoms with Crippen LogP contribution in [0.2, 0.25) is 0 Å². The van der Waals surface area contributed by atoms with Crippen molar-refractivity contribution >= 4 is 29.1 Å². The van der Waals surface area contributed by atoms with Crippen molar-refractivity contribution in [3.05, 3.63) is 58.7 Å². The highest BCUT2D eigenvalue weighted by Crippen LogP contribution is 2.34. The van der Waals surface area contributed by atoms with Crippen LogP contribution in [0.1, 0.15) is 57.1 Å². The topological polar surface area (TPSA) is 86.3 Å². The maximum Gasteiger partial charge on any atom is 0.185 e. The Morgan fingerprint density at radius 2 is 1.30 bits per heavy atom. The number of rotatable bonds is 14. The highest BCUT2D eigenvalue weighted by Gasteiger charge is 2.30. The van der Waals surface area contributed by atoms with E-state index < -0.39 is 11.2 Å². The number of unbranched alkanes of at least 4 members (excludes halogenated alkanes) is 1. The molecule has 218 valence electrons. The van der Waals surface area contributed by atoms with Crippen LogP contribution in [0.5, 0.6) is 23.0 Å². The summed E-state index contributed by atoms with van der Waals surface area (Å²) >= 11 is -1.37. The molecule has 40 heavy (non-hydrogen) atoms. The Morgan fingerprint density at radius 1 is 0.800 bits per heavy atom. The molecule has 1 aliphatic carbocycles. The number of benzene rings is 2. The van der Waals surface area contributed by atoms with Crippen LogP contribution in [0.15, 0.2) is 47.5 Å². The number of hydrogen-bond acceptors (Lipinski definition) is 6. The van der Waals surface area contributed by atoms with Crippen LogP contribution in [-0.2, 0) is 16.0 Å². The van der Waals surface area contributed by atoms with Gasteiger partial charge in [-0.25, -0.2) is 13.2 Å². The number of hydrogen-bond donors (Lipinski definition) is 1. The lowest BCUT2D eigenvalue weighted by atomic mass is 9.84. The molecule has 1 unspecified atom stereocenters. The average molecular weight is 571 g/mol. The first kappa shape index (κ1) is 31.4. The molecule has 2 aromatic carbocycles. The molecule has 0 radical (unpaired) electrons. The fourth-order valence-electron chi connectivity index (χ4n) is 4.69. The van der Waals surface area contributed by atoms with E-state index in [4.69, 9.17) is 18.9 Å². The second-order valence-electron chi connectivity index (χ2n) is 9.65. The van der Waals surface area contributed by atoms with Crippen LogP contribution in [-0.4, -0.2) is 61.9 Å². The van der Waals surface area contributed by atoms with Crippen LogP contribution < -0.4 is 23.7 Å². The second-order valence-corrected chi connectivity index (χ2v) is 10.9. The third-order valence-electron chi connectivity index (χ3n) is 6.75. The van der Waals surface area contributed by atoms with Crippen LogP contribution in [0.25, 0.3) is 12.2 Å². The average Bonchev–Trinajstić information content (AvgIpc) is 2.97. The van der Waals surface area contributed by atoms with E-state index in [1.807, 2.05) is 52.9 Å². The minimum Gasteiger partial charge on any atom is -0.493 e. The third-order valence-corrected chi connectivity index (χ3v) is 8.12. The van der Waals surface area contributed by atoms with Gasteiger partial charge in [0.15, 0.2) is 40.0 Å². The fraction of sp³-hybridized carbons (Fsp3) is 0.452. The molecule has 0 spiro atoms. The molecular formula is C31H42N2O6S. The van der Waals surface area contributed by atoms with Crippen LogP contribution in [0.3, 0.4) is 0 Å². The number of nitrogens with zero attached hydrogens (tertiary/aromatic N) is 1. The normalized spacial score (nSPS) is 18.3. The zero-order valence-corrected chi connectivity index (χ0v) is 25.3. The molecule has 1 atom stereocenters. The number of methoxy groups -OCH3 is 4. The molecule has 0 heterocycles. The Kier molecular flexibility index (Phi) is 12.2. The van der Waals surface area contributed by atoms with Crippen LogP contribution in [0, 0.1) is 0 Å². The largest absolute Gasteiger partial charge is 0.493 e. The van der Waals surface area contributed by atoms with Gasteiger partial charge in [0.1, 0.15) is 0 Å². The van der Waals surface area contributed by atoms with E-state index in [0.717, 1.165) is 43.5 Å². The number of ketones is 1. The SMILES string of the molecule is CCCCN(CCC)S(=O)NC1C/C(=C\c2ccc(OC)c(OC)c2)C(=O)/C(=C/c2ccc(OC)c(OC)c2)C1. The fourth-order valence-corrected chi connectivity index (χ4v) is 5.94. The summed E-state index contributed by atoms with van der Waals surface area (Å²) in [6, 6.07) is 10.9. The Labute approximate surface area is 241 Å². The van der Waals surface area contributed by atoms with Crippen molar-refractivity contribution in [3.8, 4) is 23.0 Å². The summed E-state index contributed by atoms with van der Waals surface area (Å²) in [5.74, 6) is 2.37. The second kappa shape index (κ2) is 15.6. The number of nitrogens with one attached hydrogen (secondary N) is 1. The van der Waals surface area contributed by atoms with Gasteiger partial charge >= 0.3 is 0 Å². The molecule has 0 saturated heterocycles. The van der Waals surface area contributed by atoms with Crippen molar-refractivity contribution in [2.45, 2.75) is 52.0 Å². The van der Waals surface area contributed by atoms with E-state index in [1.54, 1.807) is 28.4 Å². The highest BCUT2D eigenvalue weighted by atomic mass is 32.2. The van der Waals surface area contributed by atoms with E-state index >= 15 is 0 Å². The summed E-state index contributed by atoms with van der Waals surface area (Å²) in [4.78, 5) is 13.7. The van der Waals surface area contributed by atoms with Gasteiger partial charge in [-0.3, -0.25) is 4.79 Å². The molecule has 3 rings (SSSR count). The van der Waals surface area contributed by atoms with Crippen LogP contribution in [0.4, 0.5) is 0 Å². The number of Topliss-reactive ketones (excluding diaryl/α,β-unsaturated/α-hetero) is 1. The van der Waals surface area contributed by atoms with Gasteiger partial charge in [0, 0.05) is 30.3 Å². The summed E-state index contributed by atoms with van der Waals surface area (Å²) in [6.07, 6.45) is 7.59. The van der Waals surface area contributed by atoms with Gasteiger partial charge in [0.2, 0.25) is 0 Å². The molecule has 1 saturated carbocycles. The Bertz CT molecular complexity index is 1160. The molecule has 0 amide bonds. The summed E-state index contributed by atoms with van der Waals surface area (Å²) in [6.45, 7) is 5.72. The van der Waals surface area contributed by atoms with Gasteiger partial charge < -0.3 is 18.9 Å². The maximum atomic E-state index is 13.7. The van der Waals surface area contributed by atoms with E-state index in [9.17, 15) is 9.00 Å². The minimum atomic E-state index is -1.37. The van der Waals surface area contributed by atoms with Crippen molar-refractivity contribution in [1.29, 1.82) is 0 Å². The molecule has 0 aromatic heterocycles. The number of carbonyl (C=O) groups is 1. The molecular weight excluding hydrogens is 528 g/mol. The summed E-state index contributed by atoms with van der Waals surface area (Å²) in [7, 11) is 6.34. The Hall–Kier alpha value is -3.14. The molecule has 9 heteroatoms. The quantitative estimate of drug-likeness (QED) is 0.298. The van der Waals surface area contributed by atoms with Crippen molar-refractivity contribution in [3.63, 3.8) is 0 Å². The lowest BCUT2D eigenvalue weighted by molar-refractivity contribution is -0.113. The van der Waals surface area contributed by atoms with Gasteiger partial charge in [0.05, 0.1) is 28.4 Å². The van der Waals surface area contributed by atoms with Crippen molar-refractivity contribution < 1.29 is 28.0 Å². The third kappa shape index (κ3) is 8.19. The summed E-state index contributed by atoms with van der Waals surface area (Å²) in [5, 5.41) is 0. The number of carbonyl (C=O) groups excluding carboxylic acids is 1. The molecule has 0 bridgehead atoms. The van der Waals surface area contributed by atoms with Crippen LogP contribution >= 0.6 is 0 Å². The molecule has 1 aliphatic rings. The van der Waals surface area contributed by atoms with Gasteiger partial charge in [0.25, 0.3) is 0 Å². The molecule has 2 aromatic rings. The standard InChI is InChI=1S/C31H42N2O6S/c1-7-9-15-33(14-8-2)40(35)32-26-20-24(16-22-10-12-27(36-3)29(18-22)38-5)31(34)25(21-26)17-23-11-13-28(37-4)30(19-23)39-6/h10-13,16-19,26,32H,7-9,14-15,20-21H2,1-6H3/b24-16+,25-17+. The highest BCUT2D eigenvalue weighted by molar-refractivity contribution is 7.80. The van der Waals surface area contributed by atoms with E-state index in [-0.39, 0.29) is 11.8 Å². The van der Waals surface area contributed by atoms with Gasteiger partial charge in [-0.05, 0) is 73.2 Å². The predicted octanol–water partition coefficient (Wildman–Crippen LogP) is 5.60. The van der Waals surface area contributed by atoms with Crippen molar-refractivity contribution in [1.82, 2.24) is 9.03 Å². The monoisotopic (exact) mass is 570 g/mol. The van der Waals surface area contributed by atoms with Crippen molar-refractivity contribution in [2.24, 2.45) is 0 Å². The number of ether oxygens (including phenoxy) is 4. The lowest BCUT2D eigenvalue weighted by Crippen LogP contribution is -2.43. The van der Waals surface area contributed by atoms with Gasteiger partial charge in [-0.15, -0.1) is 0 Å². The van der Waals surface area contributed by atoms with E-state index in [1.165, 1.54) is 0 Å². The summed E-state index contributed by atoms with van der Waals surface area (Å²) in [5.41, 5.74) is 2.91. The maximum absolute atomic E-state index is 13.7. The molecule has 0 aliphatic heterocycles. The first-order chi connectivity index (χ1) is 19.4. The smallest absolute Gasteiger partial charge is 0.185 e. The minimum absolute atomic E-state index is 0.0372. The predicted molar refractivity (Wildman–Crippen MR) is 161 cm³/mol. The first-order valence-electron chi connectivity index (χ1n) is 13.7.